The van der Waals surface area contributed by atoms with Crippen LogP contribution in [0.25, 0.3) is 0 Å². The summed E-state index contributed by atoms with van der Waals surface area (Å²) in [6.45, 7) is 8.63. The van der Waals surface area contributed by atoms with Gasteiger partial charge < -0.3 is 5.32 Å². The molecule has 0 bridgehead atoms. The van der Waals surface area contributed by atoms with Crippen LogP contribution in [-0.2, 0) is 0 Å². The van der Waals surface area contributed by atoms with E-state index in [9.17, 15) is 0 Å². The highest BCUT2D eigenvalue weighted by Crippen LogP contribution is 2.39. The van der Waals surface area contributed by atoms with E-state index in [0.29, 0.717) is 5.54 Å². The Labute approximate surface area is 113 Å². The lowest BCUT2D eigenvalue weighted by atomic mass is 9.87. The zero-order valence-electron chi connectivity index (χ0n) is 12.3. The van der Waals surface area contributed by atoms with E-state index in [4.69, 9.17) is 0 Å². The molecule has 2 aliphatic carbocycles. The minimum absolute atomic E-state index is 0.412. The van der Waals surface area contributed by atoms with Crippen molar-refractivity contribution in [3.8, 4) is 0 Å². The molecular formula is C16H30N2. The molecule has 0 aromatic carbocycles. The molecule has 0 aromatic heterocycles. The van der Waals surface area contributed by atoms with Gasteiger partial charge in [0.1, 0.15) is 0 Å². The zero-order chi connectivity index (χ0) is 12.6. The summed E-state index contributed by atoms with van der Waals surface area (Å²) in [4.78, 5) is 2.86. The van der Waals surface area contributed by atoms with Gasteiger partial charge in [0.2, 0.25) is 0 Å². The Morgan fingerprint density at radius 1 is 1.11 bits per heavy atom. The van der Waals surface area contributed by atoms with Gasteiger partial charge >= 0.3 is 0 Å². The molecule has 3 rings (SSSR count). The van der Waals surface area contributed by atoms with Gasteiger partial charge in [0.15, 0.2) is 0 Å². The Hall–Kier alpha value is -0.0800. The molecule has 1 atom stereocenters. The fraction of sp³-hybridized carbons (Fsp3) is 1.00. The third-order valence-corrected chi connectivity index (χ3v) is 5.70. The molecule has 3 fully saturated rings. The van der Waals surface area contributed by atoms with Crippen molar-refractivity contribution in [2.75, 3.05) is 19.6 Å². The third kappa shape index (κ3) is 2.75. The van der Waals surface area contributed by atoms with Crippen molar-refractivity contribution in [3.05, 3.63) is 0 Å². The highest BCUT2D eigenvalue weighted by Gasteiger charge is 2.43. The lowest BCUT2D eigenvalue weighted by Gasteiger charge is -2.48. The molecule has 3 aliphatic rings. The summed E-state index contributed by atoms with van der Waals surface area (Å²) < 4.78 is 0. The van der Waals surface area contributed by atoms with Crippen LogP contribution >= 0.6 is 0 Å². The standard InChI is InChI=1S/C16H30N2/c1-3-16(4-2)12-18(10-9-13-5-6-13)15(11-17-16)14-7-8-14/h13-15,17H,3-12H2,1-2H3. The fourth-order valence-electron chi connectivity index (χ4n) is 3.68. The number of hydrogen-bond acceptors (Lipinski definition) is 2. The quantitative estimate of drug-likeness (QED) is 0.779. The summed E-state index contributed by atoms with van der Waals surface area (Å²) in [5.41, 5.74) is 0.412. The Morgan fingerprint density at radius 2 is 1.83 bits per heavy atom. The van der Waals surface area contributed by atoms with Crippen LogP contribution in [0.4, 0.5) is 0 Å². The van der Waals surface area contributed by atoms with E-state index >= 15 is 0 Å². The normalized spacial score (nSPS) is 32.7. The van der Waals surface area contributed by atoms with E-state index in [2.05, 4.69) is 24.1 Å². The van der Waals surface area contributed by atoms with Crippen LogP contribution in [-0.4, -0.2) is 36.1 Å². The summed E-state index contributed by atoms with van der Waals surface area (Å²) in [5, 5.41) is 3.89. The highest BCUT2D eigenvalue weighted by atomic mass is 15.3. The van der Waals surface area contributed by atoms with Crippen molar-refractivity contribution < 1.29 is 0 Å². The Bertz CT molecular complexity index is 277. The summed E-state index contributed by atoms with van der Waals surface area (Å²) in [7, 11) is 0. The van der Waals surface area contributed by atoms with Crippen LogP contribution < -0.4 is 5.32 Å². The van der Waals surface area contributed by atoms with Crippen molar-refractivity contribution in [1.82, 2.24) is 10.2 Å². The van der Waals surface area contributed by atoms with Crippen molar-refractivity contribution in [1.29, 1.82) is 0 Å². The van der Waals surface area contributed by atoms with Crippen LogP contribution in [0.2, 0.25) is 0 Å². The molecular weight excluding hydrogens is 220 g/mol. The Balaban J connectivity index is 1.62. The van der Waals surface area contributed by atoms with E-state index in [1.54, 1.807) is 0 Å². The first-order valence-electron chi connectivity index (χ1n) is 8.25. The topological polar surface area (TPSA) is 15.3 Å². The molecule has 2 heteroatoms. The van der Waals surface area contributed by atoms with E-state index in [1.807, 2.05) is 0 Å². The number of nitrogens with zero attached hydrogens (tertiary/aromatic N) is 1. The average Bonchev–Trinajstić information content (AvgIpc) is 3.29. The van der Waals surface area contributed by atoms with E-state index in [1.165, 1.54) is 64.6 Å². The molecule has 18 heavy (non-hydrogen) atoms. The Morgan fingerprint density at radius 3 is 2.39 bits per heavy atom. The van der Waals surface area contributed by atoms with Crippen molar-refractivity contribution in [3.63, 3.8) is 0 Å². The molecule has 1 aliphatic heterocycles. The van der Waals surface area contributed by atoms with Crippen LogP contribution in [0.3, 0.4) is 0 Å². The first-order valence-corrected chi connectivity index (χ1v) is 8.25. The lowest BCUT2D eigenvalue weighted by molar-refractivity contribution is 0.0598. The van der Waals surface area contributed by atoms with Gasteiger partial charge in [-0.15, -0.1) is 0 Å². The third-order valence-electron chi connectivity index (χ3n) is 5.70. The monoisotopic (exact) mass is 250 g/mol. The number of piperazine rings is 1. The minimum Gasteiger partial charge on any atom is -0.308 e. The fourth-order valence-corrected chi connectivity index (χ4v) is 3.68. The van der Waals surface area contributed by atoms with Crippen LogP contribution in [0.5, 0.6) is 0 Å². The maximum absolute atomic E-state index is 3.89. The largest absolute Gasteiger partial charge is 0.308 e. The second-order valence-corrected chi connectivity index (χ2v) is 6.98. The molecule has 1 unspecified atom stereocenters. The van der Waals surface area contributed by atoms with Crippen molar-refractivity contribution >= 4 is 0 Å². The Kier molecular flexibility index (Phi) is 3.68. The molecule has 2 nitrogen and oxygen atoms in total. The maximum Gasteiger partial charge on any atom is 0.0304 e. The van der Waals surface area contributed by atoms with Gasteiger partial charge in [-0.25, -0.2) is 0 Å². The zero-order valence-corrected chi connectivity index (χ0v) is 12.3. The lowest BCUT2D eigenvalue weighted by Crippen LogP contribution is -2.64. The summed E-state index contributed by atoms with van der Waals surface area (Å²) in [6, 6.07) is 0.856. The summed E-state index contributed by atoms with van der Waals surface area (Å²) in [5.74, 6) is 2.10. The van der Waals surface area contributed by atoms with Gasteiger partial charge in [0.05, 0.1) is 0 Å². The summed E-state index contributed by atoms with van der Waals surface area (Å²) in [6.07, 6.45) is 10.0. The van der Waals surface area contributed by atoms with E-state index < -0.39 is 0 Å². The average molecular weight is 250 g/mol. The molecule has 0 radical (unpaired) electrons. The second kappa shape index (κ2) is 5.13. The van der Waals surface area contributed by atoms with Crippen molar-refractivity contribution in [2.45, 2.75) is 70.4 Å². The first kappa shape index (κ1) is 12.9. The van der Waals surface area contributed by atoms with Gasteiger partial charge in [-0.2, -0.15) is 0 Å². The van der Waals surface area contributed by atoms with Gasteiger partial charge in [-0.3, -0.25) is 4.90 Å². The smallest absolute Gasteiger partial charge is 0.0304 e. The predicted molar refractivity (Wildman–Crippen MR) is 76.7 cm³/mol. The van der Waals surface area contributed by atoms with E-state index in [-0.39, 0.29) is 0 Å². The molecule has 2 saturated carbocycles. The minimum atomic E-state index is 0.412. The van der Waals surface area contributed by atoms with Gasteiger partial charge in [-0.1, -0.05) is 26.7 Å². The maximum atomic E-state index is 3.89. The molecule has 0 aromatic rings. The summed E-state index contributed by atoms with van der Waals surface area (Å²) >= 11 is 0. The first-order chi connectivity index (χ1) is 8.76. The predicted octanol–water partition coefficient (Wildman–Crippen LogP) is 3.03. The number of hydrogen-bond donors (Lipinski definition) is 1. The SMILES string of the molecule is CCC1(CC)CN(CCC2CC2)C(C2CC2)CN1. The molecule has 0 amide bonds. The second-order valence-electron chi connectivity index (χ2n) is 6.98. The van der Waals surface area contributed by atoms with Gasteiger partial charge in [0.25, 0.3) is 0 Å². The van der Waals surface area contributed by atoms with Gasteiger partial charge in [0, 0.05) is 24.7 Å². The molecule has 104 valence electrons. The number of rotatable bonds is 6. The van der Waals surface area contributed by atoms with Crippen LogP contribution in [0.15, 0.2) is 0 Å². The number of nitrogens with one attached hydrogen (secondary N) is 1. The molecule has 1 N–H and O–H groups in total. The van der Waals surface area contributed by atoms with Crippen LogP contribution in [0.1, 0.15) is 58.8 Å². The van der Waals surface area contributed by atoms with Gasteiger partial charge in [-0.05, 0) is 50.5 Å². The molecule has 1 saturated heterocycles. The van der Waals surface area contributed by atoms with E-state index in [0.717, 1.165) is 17.9 Å². The van der Waals surface area contributed by atoms with Crippen molar-refractivity contribution in [2.24, 2.45) is 11.8 Å². The molecule has 0 spiro atoms. The molecule has 1 heterocycles. The van der Waals surface area contributed by atoms with Crippen LogP contribution in [0, 0.1) is 11.8 Å². The highest BCUT2D eigenvalue weighted by molar-refractivity contribution is 5.01.